The van der Waals surface area contributed by atoms with Gasteiger partial charge in [-0.25, -0.2) is 0 Å². The molecule has 0 radical (unpaired) electrons. The van der Waals surface area contributed by atoms with E-state index in [-0.39, 0.29) is 12.3 Å². The van der Waals surface area contributed by atoms with Crippen molar-refractivity contribution < 1.29 is 4.79 Å². The second kappa shape index (κ2) is 4.99. The van der Waals surface area contributed by atoms with Gasteiger partial charge in [-0.15, -0.1) is 0 Å². The number of amides is 1. The Morgan fingerprint density at radius 2 is 2.14 bits per heavy atom. The van der Waals surface area contributed by atoms with Crippen LogP contribution in [0.15, 0.2) is 0 Å². The smallest absolute Gasteiger partial charge is 0.234 e. The summed E-state index contributed by atoms with van der Waals surface area (Å²) in [6.45, 7) is 4.49. The zero-order valence-electron chi connectivity index (χ0n) is 8.92. The van der Waals surface area contributed by atoms with E-state index < -0.39 is 0 Å². The molecule has 3 heteroatoms. The Balaban J connectivity index is 2.33. The van der Waals surface area contributed by atoms with Crippen molar-refractivity contribution in [2.75, 3.05) is 0 Å². The Kier molecular flexibility index (Phi) is 3.94. The van der Waals surface area contributed by atoms with E-state index in [9.17, 15) is 4.79 Å². The molecule has 3 atom stereocenters. The summed E-state index contributed by atoms with van der Waals surface area (Å²) in [5, 5.41) is 11.3. The minimum atomic E-state index is -0.126. The SMILES string of the molecule is CC1CCC(NC(=O)CC#N)CC1C. The van der Waals surface area contributed by atoms with Crippen molar-refractivity contribution in [1.82, 2.24) is 5.32 Å². The molecular weight excluding hydrogens is 176 g/mol. The highest BCUT2D eigenvalue weighted by Gasteiger charge is 2.25. The molecular formula is C11H18N2O. The van der Waals surface area contributed by atoms with Gasteiger partial charge in [0.05, 0.1) is 6.07 Å². The lowest BCUT2D eigenvalue weighted by Crippen LogP contribution is -2.39. The van der Waals surface area contributed by atoms with E-state index in [1.54, 1.807) is 0 Å². The van der Waals surface area contributed by atoms with Gasteiger partial charge in [0.15, 0.2) is 0 Å². The van der Waals surface area contributed by atoms with Gasteiger partial charge >= 0.3 is 0 Å². The van der Waals surface area contributed by atoms with Crippen LogP contribution in [0.25, 0.3) is 0 Å². The molecule has 78 valence electrons. The van der Waals surface area contributed by atoms with Crippen molar-refractivity contribution in [1.29, 1.82) is 5.26 Å². The van der Waals surface area contributed by atoms with Gasteiger partial charge in [0.25, 0.3) is 0 Å². The maximum absolute atomic E-state index is 11.2. The number of rotatable bonds is 2. The molecule has 0 bridgehead atoms. The monoisotopic (exact) mass is 194 g/mol. The van der Waals surface area contributed by atoms with E-state index in [4.69, 9.17) is 5.26 Å². The Morgan fingerprint density at radius 1 is 1.43 bits per heavy atom. The van der Waals surface area contributed by atoms with Crippen LogP contribution in [0.5, 0.6) is 0 Å². The van der Waals surface area contributed by atoms with Crippen LogP contribution in [0.2, 0.25) is 0 Å². The third kappa shape index (κ3) is 3.02. The first-order chi connectivity index (χ1) is 6.63. The first-order valence-corrected chi connectivity index (χ1v) is 5.29. The molecule has 1 N–H and O–H groups in total. The van der Waals surface area contributed by atoms with Crippen molar-refractivity contribution in [2.45, 2.75) is 45.6 Å². The fraction of sp³-hybridized carbons (Fsp3) is 0.818. The van der Waals surface area contributed by atoms with Gasteiger partial charge in [0.1, 0.15) is 6.42 Å². The van der Waals surface area contributed by atoms with Gasteiger partial charge in [0, 0.05) is 6.04 Å². The molecule has 1 rings (SSSR count). The second-order valence-electron chi connectivity index (χ2n) is 4.37. The zero-order valence-corrected chi connectivity index (χ0v) is 8.92. The number of nitrogens with zero attached hydrogens (tertiary/aromatic N) is 1. The third-order valence-corrected chi connectivity index (χ3v) is 3.20. The minimum Gasteiger partial charge on any atom is -0.352 e. The summed E-state index contributed by atoms with van der Waals surface area (Å²) in [6, 6.07) is 2.16. The van der Waals surface area contributed by atoms with Crippen molar-refractivity contribution >= 4 is 5.91 Å². The molecule has 1 amide bonds. The van der Waals surface area contributed by atoms with Gasteiger partial charge in [-0.1, -0.05) is 13.8 Å². The molecule has 0 aliphatic heterocycles. The van der Waals surface area contributed by atoms with Crippen molar-refractivity contribution in [3.63, 3.8) is 0 Å². The van der Waals surface area contributed by atoms with Crippen LogP contribution in [-0.4, -0.2) is 11.9 Å². The number of nitriles is 1. The van der Waals surface area contributed by atoms with E-state index in [2.05, 4.69) is 19.2 Å². The normalized spacial score (nSPS) is 31.9. The summed E-state index contributed by atoms with van der Waals surface area (Å²) in [4.78, 5) is 11.2. The predicted octanol–water partition coefficient (Wildman–Crippen LogP) is 1.84. The average Bonchev–Trinajstić information content (AvgIpc) is 2.12. The fourth-order valence-electron chi connectivity index (χ4n) is 2.03. The second-order valence-corrected chi connectivity index (χ2v) is 4.37. The zero-order chi connectivity index (χ0) is 10.6. The fourth-order valence-corrected chi connectivity index (χ4v) is 2.03. The standard InChI is InChI=1S/C11H18N2O/c1-8-3-4-10(7-9(8)2)13-11(14)5-6-12/h8-10H,3-5,7H2,1-2H3,(H,13,14). The van der Waals surface area contributed by atoms with E-state index >= 15 is 0 Å². The molecule has 1 fully saturated rings. The molecule has 14 heavy (non-hydrogen) atoms. The molecule has 0 heterocycles. The predicted molar refractivity (Wildman–Crippen MR) is 54.3 cm³/mol. The maximum Gasteiger partial charge on any atom is 0.234 e. The van der Waals surface area contributed by atoms with Crippen LogP contribution in [-0.2, 0) is 4.79 Å². The molecule has 0 spiro atoms. The van der Waals surface area contributed by atoms with Gasteiger partial charge in [-0.05, 0) is 31.1 Å². The molecule has 3 nitrogen and oxygen atoms in total. The lowest BCUT2D eigenvalue weighted by Gasteiger charge is -2.32. The summed E-state index contributed by atoms with van der Waals surface area (Å²) in [7, 11) is 0. The maximum atomic E-state index is 11.2. The summed E-state index contributed by atoms with van der Waals surface area (Å²) >= 11 is 0. The molecule has 1 aliphatic rings. The molecule has 3 unspecified atom stereocenters. The summed E-state index contributed by atoms with van der Waals surface area (Å²) < 4.78 is 0. The summed E-state index contributed by atoms with van der Waals surface area (Å²) in [6.07, 6.45) is 3.28. The minimum absolute atomic E-state index is 0.0135. The van der Waals surface area contributed by atoms with Crippen LogP contribution >= 0.6 is 0 Å². The van der Waals surface area contributed by atoms with E-state index in [0.29, 0.717) is 12.0 Å². The van der Waals surface area contributed by atoms with Gasteiger partial charge in [-0.2, -0.15) is 5.26 Å². The van der Waals surface area contributed by atoms with Crippen LogP contribution in [0.3, 0.4) is 0 Å². The summed E-state index contributed by atoms with van der Waals surface area (Å²) in [5.41, 5.74) is 0. The van der Waals surface area contributed by atoms with Crippen LogP contribution in [0.4, 0.5) is 0 Å². The van der Waals surface area contributed by atoms with Crippen molar-refractivity contribution in [2.24, 2.45) is 11.8 Å². The Bertz CT molecular complexity index is 244. The summed E-state index contributed by atoms with van der Waals surface area (Å²) in [5.74, 6) is 1.31. The topological polar surface area (TPSA) is 52.9 Å². The molecule has 0 aromatic carbocycles. The lowest BCUT2D eigenvalue weighted by molar-refractivity contribution is -0.121. The number of nitrogens with one attached hydrogen (secondary N) is 1. The number of carbonyl (C=O) groups excluding carboxylic acids is 1. The van der Waals surface area contributed by atoms with E-state index in [0.717, 1.165) is 18.8 Å². The van der Waals surface area contributed by atoms with Crippen molar-refractivity contribution in [3.8, 4) is 6.07 Å². The first kappa shape index (κ1) is 11.0. The first-order valence-electron chi connectivity index (χ1n) is 5.29. The molecule has 0 aromatic heterocycles. The third-order valence-electron chi connectivity index (χ3n) is 3.20. The van der Waals surface area contributed by atoms with Gasteiger partial charge < -0.3 is 5.32 Å². The highest BCUT2D eigenvalue weighted by molar-refractivity contribution is 5.78. The molecule has 1 saturated carbocycles. The van der Waals surface area contributed by atoms with Crippen LogP contribution in [0.1, 0.15) is 39.5 Å². The molecule has 0 saturated heterocycles. The van der Waals surface area contributed by atoms with Gasteiger partial charge in [0.2, 0.25) is 5.91 Å². The Labute approximate surface area is 85.5 Å². The lowest BCUT2D eigenvalue weighted by atomic mass is 9.79. The number of carbonyl (C=O) groups is 1. The largest absolute Gasteiger partial charge is 0.352 e. The number of hydrogen-bond acceptors (Lipinski definition) is 2. The quantitative estimate of drug-likeness (QED) is 0.729. The van der Waals surface area contributed by atoms with E-state index in [1.165, 1.54) is 6.42 Å². The van der Waals surface area contributed by atoms with Crippen molar-refractivity contribution in [3.05, 3.63) is 0 Å². The highest BCUT2D eigenvalue weighted by atomic mass is 16.1. The van der Waals surface area contributed by atoms with Gasteiger partial charge in [-0.3, -0.25) is 4.79 Å². The highest BCUT2D eigenvalue weighted by Crippen LogP contribution is 2.29. The molecule has 0 aromatic rings. The van der Waals surface area contributed by atoms with E-state index in [1.807, 2.05) is 6.07 Å². The van der Waals surface area contributed by atoms with Crippen LogP contribution in [0, 0.1) is 23.2 Å². The average molecular weight is 194 g/mol. The molecule has 1 aliphatic carbocycles. The van der Waals surface area contributed by atoms with Crippen LogP contribution < -0.4 is 5.32 Å². The Morgan fingerprint density at radius 3 is 2.71 bits per heavy atom. The number of hydrogen-bond donors (Lipinski definition) is 1. The Hall–Kier alpha value is -1.04.